The first-order chi connectivity index (χ1) is 7.80. The minimum atomic E-state index is 0.129. The highest BCUT2D eigenvalue weighted by atomic mass is 32.2. The van der Waals surface area contributed by atoms with Crippen LogP contribution in [0.5, 0.6) is 0 Å². The largest absolute Gasteiger partial charge is 0.392 e. The van der Waals surface area contributed by atoms with E-state index in [0.29, 0.717) is 0 Å². The number of rotatable bonds is 7. The lowest BCUT2D eigenvalue weighted by Crippen LogP contribution is -2.25. The maximum Gasteiger partial charge on any atom is 0.0682 e. The Hall–Kier alpha value is -0.510. The lowest BCUT2D eigenvalue weighted by Gasteiger charge is -2.17. The fourth-order valence-corrected chi connectivity index (χ4v) is 2.56. The Morgan fingerprint density at radius 2 is 2.00 bits per heavy atom. The van der Waals surface area contributed by atoms with Crippen LogP contribution < -0.4 is 0 Å². The van der Waals surface area contributed by atoms with Gasteiger partial charge in [-0.1, -0.05) is 26.0 Å². The molecule has 0 amide bonds. The first kappa shape index (κ1) is 13.6. The van der Waals surface area contributed by atoms with Crippen molar-refractivity contribution in [3.8, 4) is 0 Å². The van der Waals surface area contributed by atoms with Crippen LogP contribution in [0.2, 0.25) is 0 Å². The molecular formula is C13H21NOS. The van der Waals surface area contributed by atoms with E-state index in [0.717, 1.165) is 31.0 Å². The quantitative estimate of drug-likeness (QED) is 0.740. The third kappa shape index (κ3) is 4.56. The Morgan fingerprint density at radius 3 is 2.62 bits per heavy atom. The Morgan fingerprint density at radius 1 is 1.25 bits per heavy atom. The second-order valence-electron chi connectivity index (χ2n) is 3.68. The number of hydrogen-bond acceptors (Lipinski definition) is 3. The van der Waals surface area contributed by atoms with E-state index in [-0.39, 0.29) is 6.61 Å². The zero-order chi connectivity index (χ0) is 11.8. The highest BCUT2D eigenvalue weighted by molar-refractivity contribution is 7.99. The summed E-state index contributed by atoms with van der Waals surface area (Å²) in [7, 11) is 0. The fraction of sp³-hybridized carbons (Fsp3) is 0.538. The normalized spacial score (nSPS) is 11.0. The smallest absolute Gasteiger partial charge is 0.0682 e. The third-order valence-corrected chi connectivity index (χ3v) is 3.63. The summed E-state index contributed by atoms with van der Waals surface area (Å²) in [5, 5.41) is 9.03. The first-order valence-corrected chi connectivity index (χ1v) is 6.83. The molecule has 0 aliphatic heterocycles. The molecule has 0 fully saturated rings. The topological polar surface area (TPSA) is 23.5 Å². The van der Waals surface area contributed by atoms with Crippen LogP contribution in [-0.4, -0.2) is 35.4 Å². The van der Waals surface area contributed by atoms with Gasteiger partial charge in [-0.25, -0.2) is 0 Å². The zero-order valence-corrected chi connectivity index (χ0v) is 11.0. The molecule has 0 atom stereocenters. The molecule has 0 aliphatic rings. The molecule has 0 heterocycles. The minimum absolute atomic E-state index is 0.129. The van der Waals surface area contributed by atoms with E-state index in [4.69, 9.17) is 5.11 Å². The van der Waals surface area contributed by atoms with Gasteiger partial charge in [0.25, 0.3) is 0 Å². The van der Waals surface area contributed by atoms with E-state index in [1.165, 1.54) is 4.90 Å². The second kappa shape index (κ2) is 7.71. The number of thioether (sulfide) groups is 1. The Balaban J connectivity index is 2.36. The summed E-state index contributed by atoms with van der Waals surface area (Å²) in [4.78, 5) is 3.67. The molecule has 0 bridgehead atoms. The van der Waals surface area contributed by atoms with Crippen molar-refractivity contribution in [2.45, 2.75) is 25.3 Å². The summed E-state index contributed by atoms with van der Waals surface area (Å²) < 4.78 is 0. The molecule has 0 aromatic heterocycles. The second-order valence-corrected chi connectivity index (χ2v) is 4.85. The summed E-state index contributed by atoms with van der Waals surface area (Å²) in [5.41, 5.74) is 0.993. The van der Waals surface area contributed by atoms with E-state index >= 15 is 0 Å². The predicted octanol–water partition coefficient (Wildman–Crippen LogP) is 2.61. The molecular weight excluding hydrogens is 218 g/mol. The van der Waals surface area contributed by atoms with Crippen LogP contribution in [-0.2, 0) is 6.61 Å². The Kier molecular flexibility index (Phi) is 6.53. The standard InChI is InChI=1S/C13H21NOS/c1-3-14(4-2)8-9-16-13-7-5-6-12(10-13)11-15/h5-7,10,15H,3-4,8-9,11H2,1-2H3. The zero-order valence-electron chi connectivity index (χ0n) is 10.1. The summed E-state index contributed by atoms with van der Waals surface area (Å²) >= 11 is 1.86. The molecule has 0 unspecified atom stereocenters. The Bertz CT molecular complexity index is 300. The van der Waals surface area contributed by atoms with Crippen molar-refractivity contribution in [2.24, 2.45) is 0 Å². The SMILES string of the molecule is CCN(CC)CCSc1cccc(CO)c1. The lowest BCUT2D eigenvalue weighted by molar-refractivity contribution is 0.281. The first-order valence-electron chi connectivity index (χ1n) is 5.85. The van der Waals surface area contributed by atoms with Gasteiger partial charge in [0.05, 0.1) is 6.61 Å². The molecule has 0 saturated carbocycles. The van der Waals surface area contributed by atoms with Gasteiger partial charge in [0.2, 0.25) is 0 Å². The van der Waals surface area contributed by atoms with Crippen molar-refractivity contribution in [1.29, 1.82) is 0 Å². The number of aliphatic hydroxyl groups excluding tert-OH is 1. The van der Waals surface area contributed by atoms with Gasteiger partial charge in [0.15, 0.2) is 0 Å². The van der Waals surface area contributed by atoms with Crippen molar-refractivity contribution in [1.82, 2.24) is 4.90 Å². The molecule has 3 heteroatoms. The van der Waals surface area contributed by atoms with Gasteiger partial charge < -0.3 is 10.0 Å². The maximum absolute atomic E-state index is 9.03. The van der Waals surface area contributed by atoms with Gasteiger partial charge in [0, 0.05) is 17.2 Å². The van der Waals surface area contributed by atoms with Crippen LogP contribution in [0.15, 0.2) is 29.2 Å². The molecule has 0 saturated heterocycles. The maximum atomic E-state index is 9.03. The lowest BCUT2D eigenvalue weighted by atomic mass is 10.2. The average molecular weight is 239 g/mol. The highest BCUT2D eigenvalue weighted by Crippen LogP contribution is 2.19. The van der Waals surface area contributed by atoms with Gasteiger partial charge in [-0.2, -0.15) is 0 Å². The van der Waals surface area contributed by atoms with Gasteiger partial charge in [-0.15, -0.1) is 11.8 Å². The number of benzene rings is 1. The van der Waals surface area contributed by atoms with E-state index in [1.807, 2.05) is 23.9 Å². The molecule has 1 aromatic rings. The van der Waals surface area contributed by atoms with Crippen molar-refractivity contribution >= 4 is 11.8 Å². The van der Waals surface area contributed by atoms with Crippen LogP contribution in [0.4, 0.5) is 0 Å². The van der Waals surface area contributed by atoms with E-state index in [1.54, 1.807) is 0 Å². The molecule has 1 N–H and O–H groups in total. The highest BCUT2D eigenvalue weighted by Gasteiger charge is 2.00. The van der Waals surface area contributed by atoms with Gasteiger partial charge >= 0.3 is 0 Å². The van der Waals surface area contributed by atoms with Crippen LogP contribution in [0.3, 0.4) is 0 Å². The molecule has 1 rings (SSSR count). The summed E-state index contributed by atoms with van der Waals surface area (Å²) in [6.45, 7) is 7.88. The van der Waals surface area contributed by atoms with Crippen LogP contribution >= 0.6 is 11.8 Å². The number of hydrogen-bond donors (Lipinski definition) is 1. The van der Waals surface area contributed by atoms with Crippen molar-refractivity contribution in [3.63, 3.8) is 0 Å². The fourth-order valence-electron chi connectivity index (χ4n) is 1.57. The Labute approximate surface area is 103 Å². The van der Waals surface area contributed by atoms with Crippen LogP contribution in [0, 0.1) is 0 Å². The van der Waals surface area contributed by atoms with Gasteiger partial charge in [-0.05, 0) is 30.8 Å². The van der Waals surface area contributed by atoms with Gasteiger partial charge in [0.1, 0.15) is 0 Å². The van der Waals surface area contributed by atoms with Crippen LogP contribution in [0.25, 0.3) is 0 Å². The van der Waals surface area contributed by atoms with Crippen molar-refractivity contribution < 1.29 is 5.11 Å². The monoisotopic (exact) mass is 239 g/mol. The average Bonchev–Trinajstić information content (AvgIpc) is 2.35. The molecule has 0 radical (unpaired) electrons. The summed E-state index contributed by atoms with van der Waals surface area (Å²) in [6, 6.07) is 8.12. The molecule has 2 nitrogen and oxygen atoms in total. The van der Waals surface area contributed by atoms with E-state index in [2.05, 4.69) is 30.9 Å². The minimum Gasteiger partial charge on any atom is -0.392 e. The van der Waals surface area contributed by atoms with E-state index < -0.39 is 0 Å². The molecule has 90 valence electrons. The molecule has 1 aromatic carbocycles. The summed E-state index contributed by atoms with van der Waals surface area (Å²) in [6.07, 6.45) is 0. The third-order valence-electron chi connectivity index (χ3n) is 2.65. The molecule has 0 spiro atoms. The van der Waals surface area contributed by atoms with Crippen molar-refractivity contribution in [2.75, 3.05) is 25.4 Å². The van der Waals surface area contributed by atoms with Crippen LogP contribution in [0.1, 0.15) is 19.4 Å². The summed E-state index contributed by atoms with van der Waals surface area (Å²) in [5.74, 6) is 1.11. The molecule has 0 aliphatic carbocycles. The number of aliphatic hydroxyl groups is 1. The van der Waals surface area contributed by atoms with Gasteiger partial charge in [-0.3, -0.25) is 0 Å². The van der Waals surface area contributed by atoms with E-state index in [9.17, 15) is 0 Å². The number of nitrogens with zero attached hydrogens (tertiary/aromatic N) is 1. The predicted molar refractivity (Wildman–Crippen MR) is 70.9 cm³/mol. The van der Waals surface area contributed by atoms with Crippen molar-refractivity contribution in [3.05, 3.63) is 29.8 Å². The molecule has 16 heavy (non-hydrogen) atoms.